The van der Waals surface area contributed by atoms with Crippen LogP contribution >= 0.6 is 11.3 Å². The summed E-state index contributed by atoms with van der Waals surface area (Å²) in [5.41, 5.74) is -0.517. The van der Waals surface area contributed by atoms with Crippen molar-refractivity contribution in [3.8, 4) is 0 Å². The first-order valence-electron chi connectivity index (χ1n) is 7.28. The molecule has 1 aliphatic carbocycles. The average Bonchev–Trinajstić information content (AvgIpc) is 3.02. The van der Waals surface area contributed by atoms with Crippen molar-refractivity contribution in [2.75, 3.05) is 13.2 Å². The Balaban J connectivity index is 1.82. The molecule has 1 aromatic rings. The molecule has 0 aliphatic heterocycles. The number of aliphatic hydroxyl groups excluding tert-OH is 1. The first-order chi connectivity index (χ1) is 10.0. The molecule has 1 fully saturated rings. The zero-order valence-electron chi connectivity index (χ0n) is 12.2. The van der Waals surface area contributed by atoms with Crippen molar-refractivity contribution in [2.24, 2.45) is 5.92 Å². The van der Waals surface area contributed by atoms with Gasteiger partial charge in [0.05, 0.1) is 23.6 Å². The maximum absolute atomic E-state index is 12.0. The fourth-order valence-electron chi connectivity index (χ4n) is 2.63. The number of nitrogens with one attached hydrogen (secondary N) is 2. The number of hydrogen-bond acceptors (Lipinski definition) is 4. The van der Waals surface area contributed by atoms with E-state index in [4.69, 9.17) is 0 Å². The fourth-order valence-corrected chi connectivity index (χ4v) is 3.27. The van der Waals surface area contributed by atoms with Crippen LogP contribution in [0.4, 0.5) is 0 Å². The molecule has 21 heavy (non-hydrogen) atoms. The zero-order valence-corrected chi connectivity index (χ0v) is 13.0. The van der Waals surface area contributed by atoms with Gasteiger partial charge in [-0.05, 0) is 43.0 Å². The van der Waals surface area contributed by atoms with Crippen molar-refractivity contribution in [3.63, 3.8) is 0 Å². The third kappa shape index (κ3) is 4.28. The van der Waals surface area contributed by atoms with E-state index in [2.05, 4.69) is 17.6 Å². The van der Waals surface area contributed by atoms with Crippen LogP contribution in [0.2, 0.25) is 0 Å². The van der Waals surface area contributed by atoms with Crippen LogP contribution in [0, 0.1) is 5.92 Å². The van der Waals surface area contributed by atoms with Crippen molar-refractivity contribution >= 4 is 23.2 Å². The molecular weight excluding hydrogens is 288 g/mol. The minimum atomic E-state index is -0.517. The van der Waals surface area contributed by atoms with E-state index >= 15 is 0 Å². The van der Waals surface area contributed by atoms with Gasteiger partial charge < -0.3 is 15.7 Å². The van der Waals surface area contributed by atoms with E-state index < -0.39 is 5.54 Å². The second kappa shape index (κ2) is 7.04. The lowest BCUT2D eigenvalue weighted by atomic mass is 9.77. The van der Waals surface area contributed by atoms with Gasteiger partial charge in [-0.1, -0.05) is 13.0 Å². The van der Waals surface area contributed by atoms with Gasteiger partial charge in [0.2, 0.25) is 5.91 Å². The van der Waals surface area contributed by atoms with Gasteiger partial charge in [0.25, 0.3) is 5.91 Å². The third-order valence-corrected chi connectivity index (χ3v) is 4.96. The lowest BCUT2D eigenvalue weighted by Gasteiger charge is -2.38. The number of rotatable bonds is 5. The molecule has 1 saturated carbocycles. The number of aliphatic hydroxyl groups is 1. The molecule has 0 atom stereocenters. The lowest BCUT2D eigenvalue weighted by molar-refractivity contribution is -0.123. The topological polar surface area (TPSA) is 78.4 Å². The predicted molar refractivity (Wildman–Crippen MR) is 82.2 cm³/mol. The molecule has 1 aromatic heterocycles. The molecular formula is C15H22N2O3S. The van der Waals surface area contributed by atoms with Gasteiger partial charge in [-0.15, -0.1) is 11.3 Å². The zero-order chi connectivity index (χ0) is 15.3. The largest absolute Gasteiger partial charge is 0.394 e. The highest BCUT2D eigenvalue weighted by Crippen LogP contribution is 2.31. The van der Waals surface area contributed by atoms with E-state index in [1.807, 2.05) is 5.38 Å². The van der Waals surface area contributed by atoms with Gasteiger partial charge in [0.1, 0.15) is 0 Å². The van der Waals surface area contributed by atoms with E-state index in [0.29, 0.717) is 10.8 Å². The van der Waals surface area contributed by atoms with Crippen LogP contribution in [0.15, 0.2) is 17.5 Å². The summed E-state index contributed by atoms with van der Waals surface area (Å²) < 4.78 is 0. The molecule has 2 amide bonds. The Labute approximate surface area is 128 Å². The molecule has 0 radical (unpaired) electrons. The van der Waals surface area contributed by atoms with Crippen LogP contribution in [0.1, 0.15) is 42.3 Å². The summed E-state index contributed by atoms with van der Waals surface area (Å²) in [6, 6.07) is 3.51. The maximum atomic E-state index is 12.0. The highest BCUT2D eigenvalue weighted by atomic mass is 32.1. The lowest BCUT2D eigenvalue weighted by Crippen LogP contribution is -2.55. The molecule has 0 bridgehead atoms. The van der Waals surface area contributed by atoms with Crippen molar-refractivity contribution in [2.45, 2.75) is 38.1 Å². The molecule has 2 rings (SSSR count). The summed E-state index contributed by atoms with van der Waals surface area (Å²) in [7, 11) is 0. The number of amides is 2. The van der Waals surface area contributed by atoms with Gasteiger partial charge in [0.15, 0.2) is 0 Å². The predicted octanol–water partition coefficient (Wildman–Crippen LogP) is 1.54. The molecule has 5 nitrogen and oxygen atoms in total. The molecule has 6 heteroatoms. The number of carbonyl (C=O) groups is 2. The van der Waals surface area contributed by atoms with E-state index in [-0.39, 0.29) is 25.0 Å². The smallest absolute Gasteiger partial charge is 0.261 e. The Kier molecular flexibility index (Phi) is 5.36. The highest BCUT2D eigenvalue weighted by molar-refractivity contribution is 7.12. The monoisotopic (exact) mass is 310 g/mol. The van der Waals surface area contributed by atoms with Crippen LogP contribution in [-0.4, -0.2) is 35.6 Å². The van der Waals surface area contributed by atoms with Crippen LogP contribution in [0.3, 0.4) is 0 Å². The molecule has 1 aliphatic rings. The first-order valence-corrected chi connectivity index (χ1v) is 8.16. The number of hydrogen-bond donors (Lipinski definition) is 3. The summed E-state index contributed by atoms with van der Waals surface area (Å²) in [5, 5.41) is 16.9. The summed E-state index contributed by atoms with van der Waals surface area (Å²) in [6.07, 6.45) is 3.58. The van der Waals surface area contributed by atoms with Crippen LogP contribution in [-0.2, 0) is 4.79 Å². The van der Waals surface area contributed by atoms with Gasteiger partial charge in [-0.2, -0.15) is 0 Å². The molecule has 0 aromatic carbocycles. The maximum Gasteiger partial charge on any atom is 0.261 e. The third-order valence-electron chi connectivity index (χ3n) is 4.09. The second-order valence-corrected chi connectivity index (χ2v) is 6.78. The average molecular weight is 310 g/mol. The van der Waals surface area contributed by atoms with Crippen molar-refractivity contribution in [3.05, 3.63) is 22.4 Å². The second-order valence-electron chi connectivity index (χ2n) is 5.83. The van der Waals surface area contributed by atoms with Crippen LogP contribution < -0.4 is 10.6 Å². The summed E-state index contributed by atoms with van der Waals surface area (Å²) >= 11 is 1.34. The highest BCUT2D eigenvalue weighted by Gasteiger charge is 2.34. The molecule has 0 spiro atoms. The minimum Gasteiger partial charge on any atom is -0.394 e. The molecule has 3 N–H and O–H groups in total. The van der Waals surface area contributed by atoms with E-state index in [1.165, 1.54) is 11.3 Å². The normalized spacial score (nSPS) is 25.3. The quantitative estimate of drug-likeness (QED) is 0.772. The van der Waals surface area contributed by atoms with Gasteiger partial charge >= 0.3 is 0 Å². The number of carbonyl (C=O) groups excluding carboxylic acids is 2. The minimum absolute atomic E-state index is 0.0513. The molecule has 116 valence electrons. The van der Waals surface area contributed by atoms with Crippen LogP contribution in [0.25, 0.3) is 0 Å². The summed E-state index contributed by atoms with van der Waals surface area (Å²) in [4.78, 5) is 24.4. The van der Waals surface area contributed by atoms with Crippen molar-refractivity contribution < 1.29 is 14.7 Å². The van der Waals surface area contributed by atoms with Crippen molar-refractivity contribution in [1.29, 1.82) is 0 Å². The Morgan fingerprint density at radius 3 is 2.71 bits per heavy atom. The van der Waals surface area contributed by atoms with Crippen molar-refractivity contribution in [1.82, 2.24) is 10.6 Å². The Bertz CT molecular complexity index is 479. The van der Waals surface area contributed by atoms with Gasteiger partial charge in [0, 0.05) is 0 Å². The number of thiophene rings is 1. The SMILES string of the molecule is CC1CCC(CO)(NC(=O)CNC(=O)c2cccs2)CC1. The molecule has 0 unspecified atom stereocenters. The summed E-state index contributed by atoms with van der Waals surface area (Å²) in [5.74, 6) is 0.152. The molecule has 1 heterocycles. The summed E-state index contributed by atoms with van der Waals surface area (Å²) in [6.45, 7) is 2.07. The van der Waals surface area contributed by atoms with E-state index in [0.717, 1.165) is 25.7 Å². The van der Waals surface area contributed by atoms with Gasteiger partial charge in [-0.3, -0.25) is 9.59 Å². The Morgan fingerprint density at radius 1 is 1.43 bits per heavy atom. The van der Waals surface area contributed by atoms with Crippen LogP contribution in [0.5, 0.6) is 0 Å². The van der Waals surface area contributed by atoms with Gasteiger partial charge in [-0.25, -0.2) is 0 Å². The standard InChI is InChI=1S/C15H22N2O3S/c1-11-4-6-15(10-18,7-5-11)17-13(19)9-16-14(20)12-3-2-8-21-12/h2-3,8,11,18H,4-7,9-10H2,1H3,(H,16,20)(H,17,19). The first kappa shape index (κ1) is 16.0. The Morgan fingerprint density at radius 2 is 2.14 bits per heavy atom. The Hall–Kier alpha value is -1.40. The fraction of sp³-hybridized carbons (Fsp3) is 0.600. The van der Waals surface area contributed by atoms with E-state index in [1.54, 1.807) is 12.1 Å². The molecule has 0 saturated heterocycles. The van der Waals surface area contributed by atoms with E-state index in [9.17, 15) is 14.7 Å².